The number of aromatic amines is 1. The third-order valence-electron chi connectivity index (χ3n) is 6.95. The van der Waals surface area contributed by atoms with E-state index in [0.717, 1.165) is 75.9 Å². The Bertz CT molecular complexity index is 853. The van der Waals surface area contributed by atoms with Crippen LogP contribution >= 0.6 is 0 Å². The van der Waals surface area contributed by atoms with Gasteiger partial charge in [-0.25, -0.2) is 0 Å². The molecule has 4 rings (SSSR count). The molecule has 2 amide bonds. The quantitative estimate of drug-likeness (QED) is 0.623. The summed E-state index contributed by atoms with van der Waals surface area (Å²) in [5.74, 6) is 0.625. The lowest BCUT2D eigenvalue weighted by Crippen LogP contribution is -2.52. The molecule has 2 N–H and O–H groups in total. The maximum absolute atomic E-state index is 13.4. The van der Waals surface area contributed by atoms with E-state index in [0.29, 0.717) is 17.2 Å². The number of hydrogen-bond acceptors (Lipinski definition) is 3. The Morgan fingerprint density at radius 3 is 2.48 bits per heavy atom. The van der Waals surface area contributed by atoms with Crippen molar-refractivity contribution in [2.75, 3.05) is 13.1 Å². The fourth-order valence-electron chi connectivity index (χ4n) is 4.98. The van der Waals surface area contributed by atoms with E-state index in [4.69, 9.17) is 4.99 Å². The molecule has 168 valence electrons. The van der Waals surface area contributed by atoms with Crippen LogP contribution in [0.5, 0.6) is 0 Å². The lowest BCUT2D eigenvalue weighted by atomic mass is 9.83. The molecule has 1 aliphatic heterocycles. The molecule has 0 aromatic carbocycles. The number of rotatable bonds is 7. The molecule has 0 bridgehead atoms. The summed E-state index contributed by atoms with van der Waals surface area (Å²) >= 11 is 0. The predicted octanol–water partition coefficient (Wildman–Crippen LogP) is 4.68. The molecule has 0 spiro atoms. The second-order valence-electron chi connectivity index (χ2n) is 9.37. The number of nitrogens with zero attached hydrogens (tertiary/aromatic N) is 2. The SMILES string of the molecule is CC=C/C(=N\c1c(C(=O)N[C@@H](C(=O)N2CCCC2)C2CCCCC2)c[nH]c1C)C1CC1. The molecule has 6 heteroatoms. The standard InChI is InChI=1S/C25H36N4O2/c1-3-9-21(18-12-13-18)27-22-17(2)26-16-20(22)24(30)28-23(19-10-5-4-6-11-19)25(31)29-14-7-8-15-29/h3,9,16,18-19,23,26H,4-8,10-15H2,1-2H3,(H,28,30)/b9-3?,27-21+/t23-/m1/s1. The molecule has 0 unspecified atom stereocenters. The van der Waals surface area contributed by atoms with Crippen LogP contribution in [0.25, 0.3) is 0 Å². The average molecular weight is 425 g/mol. The van der Waals surface area contributed by atoms with E-state index >= 15 is 0 Å². The van der Waals surface area contributed by atoms with Crippen molar-refractivity contribution in [1.29, 1.82) is 0 Å². The van der Waals surface area contributed by atoms with Gasteiger partial charge in [0.25, 0.3) is 5.91 Å². The van der Waals surface area contributed by atoms with Gasteiger partial charge in [0.1, 0.15) is 6.04 Å². The Morgan fingerprint density at radius 2 is 1.84 bits per heavy atom. The summed E-state index contributed by atoms with van der Waals surface area (Å²) < 4.78 is 0. The summed E-state index contributed by atoms with van der Waals surface area (Å²) in [6, 6.07) is -0.434. The fourth-order valence-corrected chi connectivity index (χ4v) is 4.98. The summed E-state index contributed by atoms with van der Waals surface area (Å²) in [7, 11) is 0. The number of aromatic nitrogens is 1. The van der Waals surface area contributed by atoms with E-state index in [2.05, 4.69) is 10.3 Å². The van der Waals surface area contributed by atoms with E-state index in [1.54, 1.807) is 6.20 Å². The van der Waals surface area contributed by atoms with Crippen molar-refractivity contribution in [3.8, 4) is 0 Å². The first-order valence-electron chi connectivity index (χ1n) is 12.1. The first-order valence-corrected chi connectivity index (χ1v) is 12.1. The third-order valence-corrected chi connectivity index (χ3v) is 6.95. The lowest BCUT2D eigenvalue weighted by Gasteiger charge is -2.32. The van der Waals surface area contributed by atoms with Gasteiger partial charge < -0.3 is 15.2 Å². The number of amides is 2. The van der Waals surface area contributed by atoms with E-state index in [1.807, 2.05) is 30.9 Å². The van der Waals surface area contributed by atoms with Crippen molar-refractivity contribution >= 4 is 23.2 Å². The molecule has 31 heavy (non-hydrogen) atoms. The van der Waals surface area contributed by atoms with Gasteiger partial charge in [-0.1, -0.05) is 25.3 Å². The number of carbonyl (C=O) groups excluding carboxylic acids is 2. The molecule has 6 nitrogen and oxygen atoms in total. The van der Waals surface area contributed by atoms with Crippen LogP contribution in [0.1, 0.15) is 80.8 Å². The van der Waals surface area contributed by atoms with Crippen molar-refractivity contribution in [3.05, 3.63) is 29.6 Å². The van der Waals surface area contributed by atoms with Gasteiger partial charge in [-0.15, -0.1) is 0 Å². The number of carbonyl (C=O) groups is 2. The van der Waals surface area contributed by atoms with Gasteiger partial charge in [0.05, 0.1) is 11.3 Å². The number of likely N-dealkylation sites (tertiary alicyclic amines) is 1. The summed E-state index contributed by atoms with van der Waals surface area (Å²) in [5, 5.41) is 3.15. The number of hydrogen-bond donors (Lipinski definition) is 2. The maximum atomic E-state index is 13.4. The van der Waals surface area contributed by atoms with Gasteiger partial charge in [-0.2, -0.15) is 0 Å². The summed E-state index contributed by atoms with van der Waals surface area (Å²) in [6.45, 7) is 5.56. The zero-order valence-electron chi connectivity index (χ0n) is 19.0. The highest BCUT2D eigenvalue weighted by Crippen LogP contribution is 2.34. The van der Waals surface area contributed by atoms with Crippen molar-refractivity contribution in [3.63, 3.8) is 0 Å². The molecule has 0 radical (unpaired) electrons. The average Bonchev–Trinajstić information content (AvgIpc) is 3.35. The number of nitrogens with one attached hydrogen (secondary N) is 2. The van der Waals surface area contributed by atoms with Crippen LogP contribution in [-0.2, 0) is 4.79 Å². The van der Waals surface area contributed by atoms with E-state index < -0.39 is 6.04 Å². The highest BCUT2D eigenvalue weighted by Gasteiger charge is 2.35. The first kappa shape index (κ1) is 21.8. The maximum Gasteiger partial charge on any atom is 0.255 e. The smallest absolute Gasteiger partial charge is 0.255 e. The monoisotopic (exact) mass is 424 g/mol. The molecule has 1 saturated heterocycles. The summed E-state index contributed by atoms with van der Waals surface area (Å²) in [6.07, 6.45) is 15.7. The molecule has 2 aliphatic carbocycles. The Morgan fingerprint density at radius 1 is 1.13 bits per heavy atom. The Hall–Kier alpha value is -2.37. The zero-order valence-corrected chi connectivity index (χ0v) is 19.0. The molecule has 1 atom stereocenters. The minimum Gasteiger partial charge on any atom is -0.363 e. The van der Waals surface area contributed by atoms with E-state index in [9.17, 15) is 9.59 Å². The number of allylic oxidation sites excluding steroid dienone is 2. The molecule has 3 aliphatic rings. The van der Waals surface area contributed by atoms with Crippen LogP contribution in [-0.4, -0.2) is 46.5 Å². The third kappa shape index (κ3) is 5.10. The zero-order chi connectivity index (χ0) is 21.8. The molecule has 2 heterocycles. The first-order chi connectivity index (χ1) is 15.1. The predicted molar refractivity (Wildman–Crippen MR) is 124 cm³/mol. The molecular weight excluding hydrogens is 388 g/mol. The minimum atomic E-state index is -0.434. The lowest BCUT2D eigenvalue weighted by molar-refractivity contribution is -0.133. The van der Waals surface area contributed by atoms with Gasteiger partial charge in [-0.05, 0) is 64.4 Å². The largest absolute Gasteiger partial charge is 0.363 e. The van der Waals surface area contributed by atoms with Gasteiger partial charge in [0.2, 0.25) is 5.91 Å². The second-order valence-corrected chi connectivity index (χ2v) is 9.37. The Balaban J connectivity index is 1.57. The summed E-state index contributed by atoms with van der Waals surface area (Å²) in [4.78, 5) is 36.7. The van der Waals surface area contributed by atoms with Crippen LogP contribution in [0.2, 0.25) is 0 Å². The van der Waals surface area contributed by atoms with Crippen molar-refractivity contribution in [2.45, 2.75) is 77.7 Å². The van der Waals surface area contributed by atoms with Crippen LogP contribution in [0.4, 0.5) is 5.69 Å². The number of aryl methyl sites for hydroxylation is 1. The van der Waals surface area contributed by atoms with Crippen LogP contribution < -0.4 is 5.32 Å². The van der Waals surface area contributed by atoms with Crippen LogP contribution in [0.15, 0.2) is 23.3 Å². The molecule has 2 saturated carbocycles. The number of H-pyrrole nitrogens is 1. The highest BCUT2D eigenvalue weighted by atomic mass is 16.2. The number of aliphatic imine (C=N–C) groups is 1. The second kappa shape index (κ2) is 9.84. The molecular formula is C25H36N4O2. The molecule has 1 aromatic heterocycles. The van der Waals surface area contributed by atoms with Crippen LogP contribution in [0, 0.1) is 18.8 Å². The Kier molecular flexibility index (Phi) is 6.93. The molecule has 3 fully saturated rings. The molecule has 1 aromatic rings. The van der Waals surface area contributed by atoms with Gasteiger partial charge in [-0.3, -0.25) is 14.6 Å². The van der Waals surface area contributed by atoms with Gasteiger partial charge in [0.15, 0.2) is 0 Å². The Labute approximate surface area is 185 Å². The van der Waals surface area contributed by atoms with E-state index in [-0.39, 0.29) is 17.7 Å². The van der Waals surface area contributed by atoms with Crippen molar-refractivity contribution in [1.82, 2.24) is 15.2 Å². The fraction of sp³-hybridized carbons (Fsp3) is 0.640. The topological polar surface area (TPSA) is 77.6 Å². The van der Waals surface area contributed by atoms with Crippen molar-refractivity contribution in [2.24, 2.45) is 16.8 Å². The highest BCUT2D eigenvalue weighted by molar-refractivity contribution is 6.05. The van der Waals surface area contributed by atoms with Gasteiger partial charge >= 0.3 is 0 Å². The van der Waals surface area contributed by atoms with Gasteiger partial charge in [0, 0.05) is 36.6 Å². The van der Waals surface area contributed by atoms with Crippen molar-refractivity contribution < 1.29 is 9.59 Å². The normalized spacial score (nSPS) is 21.6. The van der Waals surface area contributed by atoms with E-state index in [1.165, 1.54) is 6.42 Å². The van der Waals surface area contributed by atoms with Crippen LogP contribution in [0.3, 0.4) is 0 Å². The minimum absolute atomic E-state index is 0.0997. The summed E-state index contributed by atoms with van der Waals surface area (Å²) in [5.41, 5.74) is 3.16.